The van der Waals surface area contributed by atoms with Crippen molar-refractivity contribution in [2.75, 3.05) is 0 Å². The normalized spacial score (nSPS) is 18.0. The van der Waals surface area contributed by atoms with E-state index in [1.54, 1.807) is 24.3 Å². The lowest BCUT2D eigenvalue weighted by molar-refractivity contribution is -0.129. The largest absolute Gasteiger partial charge is 0.339 e. The summed E-state index contributed by atoms with van der Waals surface area (Å²) in [5.74, 6) is 0.0826. The minimum atomic E-state index is -0.455. The van der Waals surface area contributed by atoms with Crippen molar-refractivity contribution >= 4 is 23.4 Å². The number of hydrogen-bond acceptors (Lipinski definition) is 7. The molecule has 9 nitrogen and oxygen atoms in total. The molecule has 0 saturated carbocycles. The molecule has 2 unspecified atom stereocenters. The lowest BCUT2D eigenvalue weighted by atomic mass is 10.0. The van der Waals surface area contributed by atoms with Crippen molar-refractivity contribution in [3.8, 4) is 11.4 Å². The van der Waals surface area contributed by atoms with Crippen LogP contribution in [0.4, 0.5) is 0 Å². The first kappa shape index (κ1) is 21.0. The third kappa shape index (κ3) is 5.46. The molecule has 3 aromatic rings. The number of nitrogens with zero attached hydrogens (tertiary/aromatic N) is 2. The van der Waals surface area contributed by atoms with E-state index in [0.717, 1.165) is 11.1 Å². The van der Waals surface area contributed by atoms with E-state index in [-0.39, 0.29) is 30.7 Å². The quantitative estimate of drug-likeness (QED) is 0.433. The van der Waals surface area contributed by atoms with Crippen LogP contribution in [0.25, 0.3) is 11.4 Å². The Kier molecular flexibility index (Phi) is 6.56. The highest BCUT2D eigenvalue weighted by Gasteiger charge is 2.30. The first-order chi connectivity index (χ1) is 15.1. The van der Waals surface area contributed by atoms with Crippen LogP contribution in [0.15, 0.2) is 59.1 Å². The molecular formula is C21H21ClN6O3. The minimum Gasteiger partial charge on any atom is -0.339 e. The number of amides is 2. The molecule has 1 saturated heterocycles. The van der Waals surface area contributed by atoms with Gasteiger partial charge in [-0.2, -0.15) is 4.98 Å². The topological polar surface area (TPSA) is 121 Å². The van der Waals surface area contributed by atoms with Crippen molar-refractivity contribution in [1.82, 2.24) is 31.8 Å². The second-order valence-electron chi connectivity index (χ2n) is 7.10. The first-order valence-electron chi connectivity index (χ1n) is 9.82. The van der Waals surface area contributed by atoms with Crippen LogP contribution < -0.4 is 21.7 Å². The third-order valence-corrected chi connectivity index (χ3v) is 5.14. The van der Waals surface area contributed by atoms with Crippen LogP contribution >= 0.6 is 11.6 Å². The highest BCUT2D eigenvalue weighted by atomic mass is 35.5. The fourth-order valence-electron chi connectivity index (χ4n) is 3.21. The number of hydrazine groups is 2. The zero-order valence-electron chi connectivity index (χ0n) is 16.5. The molecule has 1 aromatic heterocycles. The summed E-state index contributed by atoms with van der Waals surface area (Å²) in [5.41, 5.74) is 12.8. The molecule has 0 aliphatic carbocycles. The van der Waals surface area contributed by atoms with E-state index >= 15 is 0 Å². The average molecular weight is 441 g/mol. The Morgan fingerprint density at radius 2 is 1.84 bits per heavy atom. The molecule has 10 heteroatoms. The van der Waals surface area contributed by atoms with E-state index in [1.165, 1.54) is 0 Å². The maximum Gasteiger partial charge on any atom is 0.256 e. The number of aryl methyl sites for hydroxylation is 1. The Bertz CT molecular complexity index is 1040. The molecule has 160 valence electrons. The highest BCUT2D eigenvalue weighted by molar-refractivity contribution is 6.30. The monoisotopic (exact) mass is 440 g/mol. The number of aromatic nitrogens is 2. The van der Waals surface area contributed by atoms with Gasteiger partial charge in [0.05, 0.1) is 0 Å². The Hall–Kier alpha value is -3.27. The molecule has 2 heterocycles. The molecule has 4 N–H and O–H groups in total. The van der Waals surface area contributed by atoms with Crippen molar-refractivity contribution in [3.05, 3.63) is 71.1 Å². The van der Waals surface area contributed by atoms with Gasteiger partial charge in [0, 0.05) is 29.5 Å². The Labute approximate surface area is 183 Å². The fraction of sp³-hybridized carbons (Fsp3) is 0.238. The zero-order chi connectivity index (χ0) is 21.6. The molecule has 31 heavy (non-hydrogen) atoms. The van der Waals surface area contributed by atoms with Crippen molar-refractivity contribution in [2.24, 2.45) is 0 Å². The van der Waals surface area contributed by atoms with Gasteiger partial charge >= 0.3 is 0 Å². The highest BCUT2D eigenvalue weighted by Crippen LogP contribution is 2.22. The minimum absolute atomic E-state index is 0.0278. The molecule has 0 spiro atoms. The summed E-state index contributed by atoms with van der Waals surface area (Å²) < 4.78 is 5.18. The van der Waals surface area contributed by atoms with E-state index in [0.29, 0.717) is 23.2 Å². The van der Waals surface area contributed by atoms with E-state index in [9.17, 15) is 9.59 Å². The van der Waals surface area contributed by atoms with Crippen LogP contribution in [0.3, 0.4) is 0 Å². The van der Waals surface area contributed by atoms with Gasteiger partial charge in [0.1, 0.15) is 6.04 Å². The van der Waals surface area contributed by atoms with E-state index < -0.39 is 6.04 Å². The number of rotatable bonds is 6. The van der Waals surface area contributed by atoms with Gasteiger partial charge in [-0.3, -0.25) is 20.4 Å². The van der Waals surface area contributed by atoms with Gasteiger partial charge in [-0.15, -0.1) is 0 Å². The van der Waals surface area contributed by atoms with E-state index in [2.05, 4.69) is 31.8 Å². The van der Waals surface area contributed by atoms with Gasteiger partial charge < -0.3 is 4.52 Å². The summed E-state index contributed by atoms with van der Waals surface area (Å²) in [6.07, 6.45) is 0.911. The first-order valence-corrected chi connectivity index (χ1v) is 10.2. The average Bonchev–Trinajstić information content (AvgIpc) is 3.47. The number of hydrogen-bond donors (Lipinski definition) is 4. The third-order valence-electron chi connectivity index (χ3n) is 4.88. The van der Waals surface area contributed by atoms with Crippen LogP contribution in [0.5, 0.6) is 0 Å². The molecule has 0 bridgehead atoms. The fourth-order valence-corrected chi connectivity index (χ4v) is 3.33. The van der Waals surface area contributed by atoms with Crippen LogP contribution in [-0.4, -0.2) is 28.0 Å². The van der Waals surface area contributed by atoms with Crippen molar-refractivity contribution in [2.45, 2.75) is 31.3 Å². The van der Waals surface area contributed by atoms with Gasteiger partial charge in [0.2, 0.25) is 17.6 Å². The molecule has 4 rings (SSSR count). The number of benzene rings is 2. The van der Waals surface area contributed by atoms with E-state index in [4.69, 9.17) is 16.1 Å². The molecule has 0 radical (unpaired) electrons. The summed E-state index contributed by atoms with van der Waals surface area (Å²) in [4.78, 5) is 28.6. The molecule has 2 aromatic carbocycles. The predicted octanol–water partition coefficient (Wildman–Crippen LogP) is 2.08. The van der Waals surface area contributed by atoms with Gasteiger partial charge in [0.15, 0.2) is 0 Å². The van der Waals surface area contributed by atoms with Gasteiger partial charge in [0.25, 0.3) is 5.91 Å². The lowest BCUT2D eigenvalue weighted by Crippen LogP contribution is -2.50. The molecule has 2 amide bonds. The molecule has 1 fully saturated rings. The number of carbonyl (C=O) groups excluding carboxylic acids is 2. The van der Waals surface area contributed by atoms with Crippen LogP contribution in [0.1, 0.15) is 30.3 Å². The predicted molar refractivity (Wildman–Crippen MR) is 113 cm³/mol. The Balaban J connectivity index is 1.20. The Morgan fingerprint density at radius 1 is 1.06 bits per heavy atom. The summed E-state index contributed by atoms with van der Waals surface area (Å²) in [5, 5.41) is 4.52. The number of carbonyl (C=O) groups is 2. The molecule has 1 aliphatic rings. The number of nitrogens with one attached hydrogen (secondary N) is 4. The van der Waals surface area contributed by atoms with Crippen LogP contribution in [0.2, 0.25) is 5.02 Å². The summed E-state index contributed by atoms with van der Waals surface area (Å²) in [6, 6.07) is 16.5. The second-order valence-corrected chi connectivity index (χ2v) is 7.53. The molecule has 2 atom stereocenters. The Morgan fingerprint density at radius 3 is 2.61 bits per heavy atom. The van der Waals surface area contributed by atoms with Crippen molar-refractivity contribution < 1.29 is 14.1 Å². The summed E-state index contributed by atoms with van der Waals surface area (Å²) in [6.45, 7) is 0. The second kappa shape index (κ2) is 9.69. The lowest BCUT2D eigenvalue weighted by Gasteiger charge is -2.11. The van der Waals surface area contributed by atoms with Gasteiger partial charge in [-0.25, -0.2) is 10.9 Å². The summed E-state index contributed by atoms with van der Waals surface area (Å²) >= 11 is 5.87. The van der Waals surface area contributed by atoms with Crippen molar-refractivity contribution in [3.63, 3.8) is 0 Å². The molecule has 1 aliphatic heterocycles. The van der Waals surface area contributed by atoms with Crippen LogP contribution in [-0.2, 0) is 16.0 Å². The van der Waals surface area contributed by atoms with E-state index in [1.807, 2.05) is 30.3 Å². The molecular weight excluding hydrogens is 420 g/mol. The number of halogens is 1. The maximum atomic E-state index is 12.3. The van der Waals surface area contributed by atoms with Gasteiger partial charge in [-0.1, -0.05) is 47.1 Å². The smallest absolute Gasteiger partial charge is 0.256 e. The van der Waals surface area contributed by atoms with Crippen molar-refractivity contribution in [1.29, 1.82) is 0 Å². The zero-order valence-corrected chi connectivity index (χ0v) is 17.2. The summed E-state index contributed by atoms with van der Waals surface area (Å²) in [7, 11) is 0. The maximum absolute atomic E-state index is 12.3. The van der Waals surface area contributed by atoms with Gasteiger partial charge in [-0.05, 0) is 36.2 Å². The van der Waals surface area contributed by atoms with Crippen LogP contribution in [0, 0.1) is 0 Å². The SMILES string of the molecule is O=C(CCc1nc(-c2ccc(Cl)cc2)no1)NNC(=O)C1CC(c2ccccc2)NN1. The standard InChI is InChI=1S/C21H21ClN6O3/c22-15-8-6-14(7-9-15)20-23-19(31-28-20)11-10-18(29)26-27-21(30)17-12-16(24-25-17)13-4-2-1-3-5-13/h1-9,16-17,24-25H,10-12H2,(H,26,29)(H,27,30).